The number of aromatic nitrogens is 1. The maximum atomic E-state index is 11.9. The Morgan fingerprint density at radius 2 is 2.15 bits per heavy atom. The maximum absolute atomic E-state index is 11.9. The number of ether oxygens (including phenoxy) is 1. The second-order valence-electron chi connectivity index (χ2n) is 4.44. The number of methoxy groups -OCH3 is 1. The van der Waals surface area contributed by atoms with Crippen molar-refractivity contribution in [2.75, 3.05) is 39.0 Å². The van der Waals surface area contributed by atoms with E-state index in [1.807, 2.05) is 0 Å². The number of anilines is 1. The fraction of sp³-hybridized carbons (Fsp3) is 0.583. The zero-order valence-corrected chi connectivity index (χ0v) is 13.4. The van der Waals surface area contributed by atoms with E-state index in [1.54, 1.807) is 13.2 Å². The van der Waals surface area contributed by atoms with Crippen LogP contribution in [-0.4, -0.2) is 57.4 Å². The summed E-state index contributed by atoms with van der Waals surface area (Å²) in [5.74, 6) is 1.10. The van der Waals surface area contributed by atoms with Crippen LogP contribution in [0.15, 0.2) is 23.2 Å². The predicted molar refractivity (Wildman–Crippen MR) is 79.7 cm³/mol. The summed E-state index contributed by atoms with van der Waals surface area (Å²) in [5.41, 5.74) is 0. The molecule has 1 aromatic heterocycles. The van der Waals surface area contributed by atoms with E-state index in [0.717, 1.165) is 10.7 Å². The summed E-state index contributed by atoms with van der Waals surface area (Å²) in [6.45, 7) is 0.506. The lowest BCUT2D eigenvalue weighted by Crippen LogP contribution is -2.26. The van der Waals surface area contributed by atoms with Crippen LogP contribution >= 0.6 is 11.6 Å². The minimum absolute atomic E-state index is 0.0429. The van der Waals surface area contributed by atoms with Crippen LogP contribution in [0.2, 0.25) is 0 Å². The van der Waals surface area contributed by atoms with Crippen LogP contribution in [0, 0.1) is 0 Å². The molecule has 0 saturated heterocycles. The van der Waals surface area contributed by atoms with Gasteiger partial charge in [0.1, 0.15) is 10.7 Å². The van der Waals surface area contributed by atoms with Gasteiger partial charge in [0, 0.05) is 33.3 Å². The Labute approximate surface area is 125 Å². The molecule has 114 valence electrons. The van der Waals surface area contributed by atoms with Crippen LogP contribution < -0.4 is 5.32 Å². The summed E-state index contributed by atoms with van der Waals surface area (Å²) in [6.07, 6.45) is 2.07. The molecule has 0 aromatic carbocycles. The lowest BCUT2D eigenvalue weighted by Gasteiger charge is -2.17. The average Bonchev–Trinajstić information content (AvgIpc) is 2.39. The first-order valence-corrected chi connectivity index (χ1v) is 8.09. The zero-order chi connectivity index (χ0) is 15.2. The number of alkyl halides is 1. The normalized spacial score (nSPS) is 13.4. The summed E-state index contributed by atoms with van der Waals surface area (Å²) in [5, 5.41) is 3.16. The largest absolute Gasteiger partial charge is 0.383 e. The first-order chi connectivity index (χ1) is 9.41. The van der Waals surface area contributed by atoms with Gasteiger partial charge in [-0.1, -0.05) is 0 Å². The molecule has 0 aliphatic rings. The fourth-order valence-corrected chi connectivity index (χ4v) is 2.68. The summed E-state index contributed by atoms with van der Waals surface area (Å²) >= 11 is 5.72. The Morgan fingerprint density at radius 1 is 1.45 bits per heavy atom. The van der Waals surface area contributed by atoms with Crippen molar-refractivity contribution in [1.29, 1.82) is 0 Å². The van der Waals surface area contributed by atoms with E-state index in [1.165, 1.54) is 26.4 Å². The highest BCUT2D eigenvalue weighted by Gasteiger charge is 2.17. The molecule has 0 fully saturated rings. The lowest BCUT2D eigenvalue weighted by atomic mass is 10.2. The van der Waals surface area contributed by atoms with E-state index in [4.69, 9.17) is 16.3 Å². The van der Waals surface area contributed by atoms with Crippen molar-refractivity contribution in [3.8, 4) is 0 Å². The Morgan fingerprint density at radius 3 is 2.60 bits per heavy atom. The molecule has 1 atom stereocenters. The third-order valence-corrected chi connectivity index (χ3v) is 4.71. The quantitative estimate of drug-likeness (QED) is 0.733. The van der Waals surface area contributed by atoms with Gasteiger partial charge >= 0.3 is 0 Å². The van der Waals surface area contributed by atoms with E-state index in [2.05, 4.69) is 10.3 Å². The molecular weight excluding hydrogens is 302 g/mol. The van der Waals surface area contributed by atoms with Crippen molar-refractivity contribution in [3.05, 3.63) is 18.3 Å². The predicted octanol–water partition coefficient (Wildman–Crippen LogP) is 1.39. The van der Waals surface area contributed by atoms with Gasteiger partial charge in [-0.3, -0.25) is 0 Å². The molecule has 1 aromatic rings. The molecule has 1 unspecified atom stereocenters. The molecular formula is C12H20ClN3O3S. The molecule has 1 heterocycles. The molecule has 0 radical (unpaired) electrons. The fourth-order valence-electron chi connectivity index (χ4n) is 1.57. The topological polar surface area (TPSA) is 71.5 Å². The molecule has 0 spiro atoms. The number of sulfonamides is 1. The van der Waals surface area contributed by atoms with Crippen LogP contribution in [-0.2, 0) is 14.8 Å². The molecule has 0 saturated carbocycles. The van der Waals surface area contributed by atoms with E-state index >= 15 is 0 Å². The highest BCUT2D eigenvalue weighted by atomic mass is 35.5. The van der Waals surface area contributed by atoms with Gasteiger partial charge in [-0.25, -0.2) is 17.7 Å². The summed E-state index contributed by atoms with van der Waals surface area (Å²) in [6, 6.07) is 3.20. The number of hydrogen-bond donors (Lipinski definition) is 1. The Hall–Kier alpha value is -0.890. The first-order valence-electron chi connectivity index (χ1n) is 6.11. The van der Waals surface area contributed by atoms with Crippen LogP contribution in [0.4, 0.5) is 5.82 Å². The van der Waals surface area contributed by atoms with Crippen molar-refractivity contribution in [2.24, 2.45) is 0 Å². The molecule has 0 aliphatic heterocycles. The van der Waals surface area contributed by atoms with Crippen molar-refractivity contribution in [3.63, 3.8) is 0 Å². The number of halogens is 1. The minimum Gasteiger partial charge on any atom is -0.383 e. The molecule has 20 heavy (non-hydrogen) atoms. The standard InChI is InChI=1S/C12H20ClN3O3S/c1-16(2)20(17,18)11-4-5-12(14-8-11)15-10(6-7-13)9-19-3/h4-5,8,10H,6-7,9H2,1-3H3,(H,14,15). The van der Waals surface area contributed by atoms with E-state index in [9.17, 15) is 8.42 Å². The molecule has 6 nitrogen and oxygen atoms in total. The summed E-state index contributed by atoms with van der Waals surface area (Å²) in [7, 11) is 1.13. The second kappa shape index (κ2) is 7.78. The van der Waals surface area contributed by atoms with Crippen LogP contribution in [0.3, 0.4) is 0 Å². The van der Waals surface area contributed by atoms with E-state index in [-0.39, 0.29) is 10.9 Å². The van der Waals surface area contributed by atoms with Crippen molar-refractivity contribution >= 4 is 27.4 Å². The number of pyridine rings is 1. The van der Waals surface area contributed by atoms with Crippen LogP contribution in [0.25, 0.3) is 0 Å². The van der Waals surface area contributed by atoms with Gasteiger partial charge in [0.25, 0.3) is 0 Å². The van der Waals surface area contributed by atoms with E-state index in [0.29, 0.717) is 18.3 Å². The van der Waals surface area contributed by atoms with Gasteiger partial charge in [-0.05, 0) is 18.6 Å². The Balaban J connectivity index is 2.81. The molecule has 0 bridgehead atoms. The molecule has 0 amide bonds. The number of nitrogens with one attached hydrogen (secondary N) is 1. The van der Waals surface area contributed by atoms with Gasteiger partial charge in [-0.15, -0.1) is 11.6 Å². The van der Waals surface area contributed by atoms with E-state index < -0.39 is 10.0 Å². The third-order valence-electron chi connectivity index (χ3n) is 2.69. The van der Waals surface area contributed by atoms with Gasteiger partial charge in [-0.2, -0.15) is 0 Å². The average molecular weight is 322 g/mol. The first kappa shape index (κ1) is 17.2. The maximum Gasteiger partial charge on any atom is 0.244 e. The zero-order valence-electron chi connectivity index (χ0n) is 11.8. The summed E-state index contributed by atoms with van der Waals surface area (Å²) < 4.78 is 30.0. The third kappa shape index (κ3) is 4.59. The van der Waals surface area contributed by atoms with Crippen LogP contribution in [0.1, 0.15) is 6.42 Å². The van der Waals surface area contributed by atoms with Gasteiger partial charge in [0.15, 0.2) is 0 Å². The van der Waals surface area contributed by atoms with Gasteiger partial charge in [0.05, 0.1) is 12.6 Å². The Bertz CT molecular complexity index is 499. The molecule has 0 aliphatic carbocycles. The monoisotopic (exact) mass is 321 g/mol. The van der Waals surface area contributed by atoms with Crippen molar-refractivity contribution in [2.45, 2.75) is 17.4 Å². The minimum atomic E-state index is -3.45. The van der Waals surface area contributed by atoms with Crippen LogP contribution in [0.5, 0.6) is 0 Å². The van der Waals surface area contributed by atoms with Crippen molar-refractivity contribution in [1.82, 2.24) is 9.29 Å². The number of nitrogens with zero attached hydrogens (tertiary/aromatic N) is 2. The smallest absolute Gasteiger partial charge is 0.244 e. The number of hydrogen-bond acceptors (Lipinski definition) is 5. The molecule has 8 heteroatoms. The van der Waals surface area contributed by atoms with Crippen molar-refractivity contribution < 1.29 is 13.2 Å². The lowest BCUT2D eigenvalue weighted by molar-refractivity contribution is 0.184. The highest BCUT2D eigenvalue weighted by Crippen LogP contribution is 2.15. The molecule has 1 rings (SSSR count). The SMILES string of the molecule is COCC(CCCl)Nc1ccc(S(=O)(=O)N(C)C)cn1. The summed E-state index contributed by atoms with van der Waals surface area (Å²) in [4.78, 5) is 4.28. The van der Waals surface area contributed by atoms with Gasteiger partial charge < -0.3 is 10.1 Å². The number of rotatable bonds is 8. The van der Waals surface area contributed by atoms with Gasteiger partial charge in [0.2, 0.25) is 10.0 Å². The second-order valence-corrected chi connectivity index (χ2v) is 6.97. The Kier molecular flexibility index (Phi) is 6.67. The highest BCUT2D eigenvalue weighted by molar-refractivity contribution is 7.89. The molecule has 1 N–H and O–H groups in total.